The van der Waals surface area contributed by atoms with E-state index in [1.165, 1.54) is 5.39 Å². The van der Waals surface area contributed by atoms with Crippen molar-refractivity contribution in [3.63, 3.8) is 0 Å². The van der Waals surface area contributed by atoms with E-state index in [0.29, 0.717) is 5.66 Å². The van der Waals surface area contributed by atoms with Crippen molar-refractivity contribution in [2.75, 3.05) is 0 Å². The third-order valence-corrected chi connectivity index (χ3v) is 4.93. The fourth-order valence-electron chi connectivity index (χ4n) is 1.91. The molecule has 3 rings (SSSR count). The first-order valence-electron chi connectivity index (χ1n) is 5.30. The van der Waals surface area contributed by atoms with Crippen LogP contribution in [0.5, 0.6) is 0 Å². The summed E-state index contributed by atoms with van der Waals surface area (Å²) in [5.74, 6) is 0. The van der Waals surface area contributed by atoms with Crippen LogP contribution in [0.3, 0.4) is 0 Å². The minimum absolute atomic E-state index is 0.450. The molecule has 2 aromatic carbocycles. The Bertz CT molecular complexity index is 524. The summed E-state index contributed by atoms with van der Waals surface area (Å²) in [5, 5.41) is 3.40. The van der Waals surface area contributed by atoms with Crippen LogP contribution in [0.2, 0.25) is 0 Å². The van der Waals surface area contributed by atoms with Gasteiger partial charge in [-0.3, -0.25) is 0 Å². The van der Waals surface area contributed by atoms with E-state index in [2.05, 4.69) is 18.2 Å². The van der Waals surface area contributed by atoms with Crippen molar-refractivity contribution in [3.8, 4) is 0 Å². The van der Waals surface area contributed by atoms with Gasteiger partial charge in [-0.1, -0.05) is 34.9 Å². The molecule has 0 amide bonds. The lowest BCUT2D eigenvalue weighted by molar-refractivity contribution is 0.592. The Morgan fingerprint density at radius 2 is 1.73 bits per heavy atom. The quantitative estimate of drug-likeness (QED) is 0.701. The lowest BCUT2D eigenvalue weighted by atomic mass is 10.1. The summed E-state index contributed by atoms with van der Waals surface area (Å²) < 4.78 is 12.2. The fraction of sp³-hybridized carbons (Fsp3) is 0.231. The Hall–Kier alpha value is -1.20. The maximum Gasteiger partial charge on any atom is 0.380 e. The molecule has 0 radical (unpaired) electrons. The summed E-state index contributed by atoms with van der Waals surface area (Å²) in [7, 11) is -1.17. The molecule has 1 nitrogen and oxygen atoms in total. The van der Waals surface area contributed by atoms with Gasteiger partial charge in [-0.25, -0.2) is 0 Å². The normalized spacial score (nSPS) is 16.7. The van der Waals surface area contributed by atoms with Crippen LogP contribution in [0, 0.1) is 0 Å². The van der Waals surface area contributed by atoms with Crippen LogP contribution in [0.15, 0.2) is 42.5 Å². The Labute approximate surface area is 89.9 Å². The zero-order valence-corrected chi connectivity index (χ0v) is 9.28. The van der Waals surface area contributed by atoms with Gasteiger partial charge in [0.1, 0.15) is 0 Å². The van der Waals surface area contributed by atoms with Crippen LogP contribution < -0.4 is 5.30 Å². The van der Waals surface area contributed by atoms with E-state index in [1.54, 1.807) is 0 Å². The topological polar surface area (TPSA) is 17.1 Å². The molecule has 2 aromatic rings. The number of rotatable bonds is 2. The number of benzene rings is 2. The molecular formula is C13H12OP+. The monoisotopic (exact) mass is 215 g/mol. The van der Waals surface area contributed by atoms with E-state index in [9.17, 15) is 4.57 Å². The zero-order chi connectivity index (χ0) is 10.3. The minimum Gasteiger partial charge on any atom is -0.0677 e. The Kier molecular flexibility index (Phi) is 2.07. The maximum atomic E-state index is 12.2. The van der Waals surface area contributed by atoms with Crippen LogP contribution >= 0.6 is 7.80 Å². The van der Waals surface area contributed by atoms with E-state index in [1.807, 2.05) is 24.3 Å². The molecule has 0 heterocycles. The lowest BCUT2D eigenvalue weighted by Crippen LogP contribution is -1.99. The molecule has 0 N–H and O–H groups in total. The summed E-state index contributed by atoms with van der Waals surface area (Å²) >= 11 is 0. The molecule has 1 saturated carbocycles. The van der Waals surface area contributed by atoms with Crippen molar-refractivity contribution in [1.29, 1.82) is 0 Å². The van der Waals surface area contributed by atoms with Gasteiger partial charge in [-0.05, 0) is 30.4 Å². The second-order valence-electron chi connectivity index (χ2n) is 4.06. The van der Waals surface area contributed by atoms with Gasteiger partial charge in [-0.15, -0.1) is 0 Å². The standard InChI is InChI=1S/C13H12OP/c14-15(11-8-9-11)13-7-3-5-10-4-1-2-6-12(10)13/h1-7,11H,8-9H2/q+1. The second kappa shape index (κ2) is 3.43. The number of fused-ring (bicyclic) bond motifs is 1. The summed E-state index contributed by atoms with van der Waals surface area (Å²) in [5.41, 5.74) is 0.450. The average Bonchev–Trinajstić information content (AvgIpc) is 3.11. The minimum atomic E-state index is -1.17. The second-order valence-corrected chi connectivity index (χ2v) is 5.92. The van der Waals surface area contributed by atoms with Crippen LogP contribution in [0.1, 0.15) is 12.8 Å². The van der Waals surface area contributed by atoms with Crippen molar-refractivity contribution < 1.29 is 4.57 Å². The molecule has 1 unspecified atom stereocenters. The molecule has 0 spiro atoms. The molecule has 74 valence electrons. The third-order valence-electron chi connectivity index (χ3n) is 2.88. The highest BCUT2D eigenvalue weighted by molar-refractivity contribution is 7.55. The zero-order valence-electron chi connectivity index (χ0n) is 8.39. The summed E-state index contributed by atoms with van der Waals surface area (Å²) in [4.78, 5) is 0. The fourth-order valence-corrected chi connectivity index (χ4v) is 3.59. The van der Waals surface area contributed by atoms with Crippen molar-refractivity contribution >= 4 is 23.9 Å². The predicted molar refractivity (Wildman–Crippen MR) is 64.2 cm³/mol. The molecule has 15 heavy (non-hydrogen) atoms. The molecule has 1 atom stereocenters. The Morgan fingerprint density at radius 3 is 2.53 bits per heavy atom. The lowest BCUT2D eigenvalue weighted by Gasteiger charge is -1.96. The summed E-state index contributed by atoms with van der Waals surface area (Å²) in [6.07, 6.45) is 2.27. The highest BCUT2D eigenvalue weighted by Crippen LogP contribution is 2.45. The van der Waals surface area contributed by atoms with Crippen LogP contribution in [-0.4, -0.2) is 5.66 Å². The molecule has 1 fully saturated rings. The molecule has 0 saturated heterocycles. The van der Waals surface area contributed by atoms with E-state index < -0.39 is 7.80 Å². The smallest absolute Gasteiger partial charge is 0.0677 e. The summed E-state index contributed by atoms with van der Waals surface area (Å²) in [6.45, 7) is 0. The van der Waals surface area contributed by atoms with Gasteiger partial charge in [0.15, 0.2) is 11.0 Å². The van der Waals surface area contributed by atoms with Gasteiger partial charge >= 0.3 is 7.80 Å². The van der Waals surface area contributed by atoms with E-state index >= 15 is 0 Å². The number of hydrogen-bond donors (Lipinski definition) is 0. The number of hydrogen-bond acceptors (Lipinski definition) is 1. The molecule has 1 aliphatic carbocycles. The van der Waals surface area contributed by atoms with Crippen molar-refractivity contribution in [2.45, 2.75) is 18.5 Å². The van der Waals surface area contributed by atoms with Gasteiger partial charge < -0.3 is 0 Å². The Balaban J connectivity index is 2.20. The van der Waals surface area contributed by atoms with Crippen LogP contribution in [-0.2, 0) is 4.57 Å². The van der Waals surface area contributed by atoms with Crippen molar-refractivity contribution in [1.82, 2.24) is 0 Å². The summed E-state index contributed by atoms with van der Waals surface area (Å²) in [6, 6.07) is 14.3. The predicted octanol–water partition coefficient (Wildman–Crippen LogP) is 3.45. The van der Waals surface area contributed by atoms with E-state index in [4.69, 9.17) is 0 Å². The maximum absolute atomic E-state index is 12.2. The molecular weight excluding hydrogens is 203 g/mol. The average molecular weight is 215 g/mol. The van der Waals surface area contributed by atoms with Gasteiger partial charge in [0.25, 0.3) is 0 Å². The Morgan fingerprint density at radius 1 is 1.00 bits per heavy atom. The van der Waals surface area contributed by atoms with Gasteiger partial charge in [0, 0.05) is 5.39 Å². The van der Waals surface area contributed by atoms with Gasteiger partial charge in [0.05, 0.1) is 0 Å². The van der Waals surface area contributed by atoms with Crippen LogP contribution in [0.4, 0.5) is 0 Å². The first kappa shape index (κ1) is 9.06. The van der Waals surface area contributed by atoms with Crippen LogP contribution in [0.25, 0.3) is 10.8 Å². The van der Waals surface area contributed by atoms with Gasteiger partial charge in [-0.2, -0.15) is 0 Å². The van der Waals surface area contributed by atoms with Crippen molar-refractivity contribution in [3.05, 3.63) is 42.5 Å². The largest absolute Gasteiger partial charge is 0.380 e. The first-order valence-corrected chi connectivity index (χ1v) is 6.63. The molecule has 0 bridgehead atoms. The highest BCUT2D eigenvalue weighted by atomic mass is 31.1. The molecule has 0 aliphatic heterocycles. The van der Waals surface area contributed by atoms with Crippen molar-refractivity contribution in [2.24, 2.45) is 0 Å². The van der Waals surface area contributed by atoms with E-state index in [-0.39, 0.29) is 0 Å². The van der Waals surface area contributed by atoms with E-state index in [0.717, 1.165) is 23.5 Å². The molecule has 0 aromatic heterocycles. The van der Waals surface area contributed by atoms with Gasteiger partial charge in [0.2, 0.25) is 0 Å². The third kappa shape index (κ3) is 1.57. The first-order chi connectivity index (χ1) is 7.36. The molecule has 1 aliphatic rings. The highest BCUT2D eigenvalue weighted by Gasteiger charge is 2.43. The molecule has 2 heteroatoms. The SMILES string of the molecule is O=[P+](c1cccc2ccccc12)C1CC1.